The van der Waals surface area contributed by atoms with Crippen LogP contribution in [0.4, 0.5) is 0 Å². The Kier molecular flexibility index (Phi) is 3.03. The third-order valence-corrected chi connectivity index (χ3v) is 3.21. The summed E-state index contributed by atoms with van der Waals surface area (Å²) < 4.78 is 0. The molecule has 2 atom stereocenters. The Labute approximate surface area is 85.0 Å². The molecule has 80 valence electrons. The maximum absolute atomic E-state index is 11.4. The van der Waals surface area contributed by atoms with E-state index in [2.05, 4.69) is 15.5 Å². The SMILES string of the molecule is CCNC(=O)CN1CC2CNCC2C1. The number of nitrogens with zero attached hydrogens (tertiary/aromatic N) is 1. The van der Waals surface area contributed by atoms with Crippen LogP contribution in [0.5, 0.6) is 0 Å². The van der Waals surface area contributed by atoms with Gasteiger partial charge in [0.15, 0.2) is 0 Å². The molecular weight excluding hydrogens is 178 g/mol. The second kappa shape index (κ2) is 4.28. The van der Waals surface area contributed by atoms with E-state index in [0.717, 1.165) is 44.6 Å². The molecule has 2 unspecified atom stereocenters. The van der Waals surface area contributed by atoms with Crippen LogP contribution in [0.15, 0.2) is 0 Å². The van der Waals surface area contributed by atoms with E-state index >= 15 is 0 Å². The van der Waals surface area contributed by atoms with E-state index in [-0.39, 0.29) is 5.91 Å². The Morgan fingerprint density at radius 3 is 2.64 bits per heavy atom. The van der Waals surface area contributed by atoms with Gasteiger partial charge in [0.2, 0.25) is 5.91 Å². The van der Waals surface area contributed by atoms with Crippen molar-refractivity contribution in [1.82, 2.24) is 15.5 Å². The second-order valence-electron chi connectivity index (χ2n) is 4.33. The Bertz CT molecular complexity index is 207. The molecule has 0 aromatic heterocycles. The fraction of sp³-hybridized carbons (Fsp3) is 0.900. The normalized spacial score (nSPS) is 31.8. The lowest BCUT2D eigenvalue weighted by molar-refractivity contribution is -0.121. The lowest BCUT2D eigenvalue weighted by Gasteiger charge is -2.15. The first-order chi connectivity index (χ1) is 6.79. The van der Waals surface area contributed by atoms with Crippen molar-refractivity contribution in [3.05, 3.63) is 0 Å². The summed E-state index contributed by atoms with van der Waals surface area (Å²) in [6.45, 7) is 7.74. The number of carbonyl (C=O) groups is 1. The lowest BCUT2D eigenvalue weighted by atomic mass is 10.0. The van der Waals surface area contributed by atoms with Crippen molar-refractivity contribution in [2.24, 2.45) is 11.8 Å². The van der Waals surface area contributed by atoms with Gasteiger partial charge in [0.05, 0.1) is 6.54 Å². The Balaban J connectivity index is 1.76. The van der Waals surface area contributed by atoms with Gasteiger partial charge in [-0.1, -0.05) is 0 Å². The molecule has 2 heterocycles. The van der Waals surface area contributed by atoms with Crippen LogP contribution in [0.1, 0.15) is 6.92 Å². The fourth-order valence-corrected chi connectivity index (χ4v) is 2.54. The molecule has 0 aliphatic carbocycles. The molecule has 2 saturated heterocycles. The number of carbonyl (C=O) groups excluding carboxylic acids is 1. The molecule has 1 amide bonds. The van der Waals surface area contributed by atoms with E-state index in [1.807, 2.05) is 6.92 Å². The van der Waals surface area contributed by atoms with Gasteiger partial charge in [0.1, 0.15) is 0 Å². The maximum Gasteiger partial charge on any atom is 0.234 e. The van der Waals surface area contributed by atoms with Crippen molar-refractivity contribution in [3.8, 4) is 0 Å². The van der Waals surface area contributed by atoms with Crippen LogP contribution in [0, 0.1) is 11.8 Å². The predicted octanol–water partition coefficient (Wildman–Crippen LogP) is -0.726. The standard InChI is InChI=1S/C10H19N3O/c1-2-12-10(14)7-13-5-8-3-11-4-9(8)6-13/h8-9,11H,2-7H2,1H3,(H,12,14). The van der Waals surface area contributed by atoms with Gasteiger partial charge in [-0.2, -0.15) is 0 Å². The third kappa shape index (κ3) is 2.07. The van der Waals surface area contributed by atoms with Gasteiger partial charge in [-0.15, -0.1) is 0 Å². The zero-order valence-electron chi connectivity index (χ0n) is 8.75. The van der Waals surface area contributed by atoms with E-state index < -0.39 is 0 Å². The first kappa shape index (κ1) is 9.93. The largest absolute Gasteiger partial charge is 0.355 e. The molecule has 0 bridgehead atoms. The molecule has 0 radical (unpaired) electrons. The smallest absolute Gasteiger partial charge is 0.234 e. The topological polar surface area (TPSA) is 44.4 Å². The number of fused-ring (bicyclic) bond motifs is 1. The molecule has 2 aliphatic heterocycles. The van der Waals surface area contributed by atoms with E-state index in [4.69, 9.17) is 0 Å². The van der Waals surface area contributed by atoms with E-state index in [0.29, 0.717) is 6.54 Å². The summed E-state index contributed by atoms with van der Waals surface area (Å²) in [5.74, 6) is 1.73. The molecule has 0 saturated carbocycles. The minimum absolute atomic E-state index is 0.167. The van der Waals surface area contributed by atoms with Crippen LogP contribution in [-0.2, 0) is 4.79 Å². The Hall–Kier alpha value is -0.610. The number of hydrogen-bond acceptors (Lipinski definition) is 3. The van der Waals surface area contributed by atoms with Crippen molar-refractivity contribution < 1.29 is 4.79 Å². The summed E-state index contributed by atoms with van der Waals surface area (Å²) in [5.41, 5.74) is 0. The summed E-state index contributed by atoms with van der Waals surface area (Å²) in [7, 11) is 0. The van der Waals surface area contributed by atoms with Crippen molar-refractivity contribution in [1.29, 1.82) is 0 Å². The van der Waals surface area contributed by atoms with Crippen LogP contribution in [-0.4, -0.2) is 50.1 Å². The molecule has 14 heavy (non-hydrogen) atoms. The second-order valence-corrected chi connectivity index (χ2v) is 4.33. The summed E-state index contributed by atoms with van der Waals surface area (Å²) in [4.78, 5) is 13.6. The average molecular weight is 197 g/mol. The fourth-order valence-electron chi connectivity index (χ4n) is 2.54. The molecule has 0 aromatic rings. The molecule has 4 nitrogen and oxygen atoms in total. The number of rotatable bonds is 3. The summed E-state index contributed by atoms with van der Waals surface area (Å²) in [6, 6.07) is 0. The maximum atomic E-state index is 11.4. The third-order valence-electron chi connectivity index (χ3n) is 3.21. The van der Waals surface area contributed by atoms with Crippen molar-refractivity contribution in [2.45, 2.75) is 6.92 Å². The van der Waals surface area contributed by atoms with Crippen LogP contribution < -0.4 is 10.6 Å². The molecule has 2 fully saturated rings. The molecule has 2 rings (SSSR count). The molecule has 2 aliphatic rings. The molecule has 0 aromatic carbocycles. The number of nitrogens with one attached hydrogen (secondary N) is 2. The van der Waals surface area contributed by atoms with Gasteiger partial charge in [-0.05, 0) is 31.8 Å². The Morgan fingerprint density at radius 1 is 1.43 bits per heavy atom. The van der Waals surface area contributed by atoms with Crippen molar-refractivity contribution in [2.75, 3.05) is 39.3 Å². The van der Waals surface area contributed by atoms with Gasteiger partial charge >= 0.3 is 0 Å². The minimum Gasteiger partial charge on any atom is -0.355 e. The lowest BCUT2D eigenvalue weighted by Crippen LogP contribution is -2.37. The van der Waals surface area contributed by atoms with Crippen molar-refractivity contribution in [3.63, 3.8) is 0 Å². The monoisotopic (exact) mass is 197 g/mol. The van der Waals surface area contributed by atoms with Crippen LogP contribution in [0.25, 0.3) is 0 Å². The first-order valence-corrected chi connectivity index (χ1v) is 5.49. The van der Waals surface area contributed by atoms with E-state index in [1.165, 1.54) is 0 Å². The number of amides is 1. The van der Waals surface area contributed by atoms with Gasteiger partial charge < -0.3 is 10.6 Å². The quantitative estimate of drug-likeness (QED) is 0.627. The van der Waals surface area contributed by atoms with Crippen LogP contribution in [0.3, 0.4) is 0 Å². The van der Waals surface area contributed by atoms with Gasteiger partial charge in [0.25, 0.3) is 0 Å². The zero-order valence-corrected chi connectivity index (χ0v) is 8.75. The van der Waals surface area contributed by atoms with Crippen LogP contribution in [0.2, 0.25) is 0 Å². The highest BCUT2D eigenvalue weighted by Gasteiger charge is 2.36. The summed E-state index contributed by atoms with van der Waals surface area (Å²) in [5, 5.41) is 6.24. The van der Waals surface area contributed by atoms with Gasteiger partial charge in [0, 0.05) is 19.6 Å². The molecular formula is C10H19N3O. The number of likely N-dealkylation sites (tertiary alicyclic amines) is 1. The number of likely N-dealkylation sites (N-methyl/N-ethyl adjacent to an activating group) is 1. The molecule has 0 spiro atoms. The van der Waals surface area contributed by atoms with Crippen LogP contribution >= 0.6 is 0 Å². The van der Waals surface area contributed by atoms with E-state index in [9.17, 15) is 4.79 Å². The van der Waals surface area contributed by atoms with Gasteiger partial charge in [-0.3, -0.25) is 9.69 Å². The predicted molar refractivity (Wildman–Crippen MR) is 55.0 cm³/mol. The zero-order chi connectivity index (χ0) is 9.97. The minimum atomic E-state index is 0.167. The number of hydrogen-bond donors (Lipinski definition) is 2. The highest BCUT2D eigenvalue weighted by molar-refractivity contribution is 5.77. The highest BCUT2D eigenvalue weighted by Crippen LogP contribution is 2.25. The van der Waals surface area contributed by atoms with E-state index in [1.54, 1.807) is 0 Å². The summed E-state index contributed by atoms with van der Waals surface area (Å²) >= 11 is 0. The van der Waals surface area contributed by atoms with Crippen molar-refractivity contribution >= 4 is 5.91 Å². The Morgan fingerprint density at radius 2 is 2.07 bits per heavy atom. The van der Waals surface area contributed by atoms with Gasteiger partial charge in [-0.25, -0.2) is 0 Å². The molecule has 2 N–H and O–H groups in total. The highest BCUT2D eigenvalue weighted by atomic mass is 16.2. The summed E-state index contributed by atoms with van der Waals surface area (Å²) in [6.07, 6.45) is 0. The average Bonchev–Trinajstić information content (AvgIpc) is 2.63. The molecule has 4 heteroatoms. The first-order valence-electron chi connectivity index (χ1n) is 5.49.